The predicted octanol–water partition coefficient (Wildman–Crippen LogP) is 6.69. The summed E-state index contributed by atoms with van der Waals surface area (Å²) in [6, 6.07) is 8.06. The summed E-state index contributed by atoms with van der Waals surface area (Å²) in [5.74, 6) is -0.454. The monoisotopic (exact) mass is 533 g/mol. The molecular weight excluding hydrogens is 507 g/mol. The van der Waals surface area contributed by atoms with E-state index in [1.807, 2.05) is 0 Å². The molecule has 4 rings (SSSR count). The standard InChI is InChI=1S/C26H26F7NO3/c27-24(15-37-20-3-1-2-17(11-20)21(12-23(35)36)16-4-5-16)8-9-34(14-24)13-18-10-19(25(28,29)30)6-7-22(18)26(31,32)33/h1-3,6-7,10-11,16,21H,4-5,8-9,12-15H2,(H,35,36). The van der Waals surface area contributed by atoms with Gasteiger partial charge in [0.05, 0.1) is 17.5 Å². The lowest BCUT2D eigenvalue weighted by Gasteiger charge is -2.23. The van der Waals surface area contributed by atoms with Gasteiger partial charge in [-0.2, -0.15) is 26.3 Å². The molecule has 2 fully saturated rings. The van der Waals surface area contributed by atoms with Crippen LogP contribution in [-0.4, -0.2) is 41.3 Å². The van der Waals surface area contributed by atoms with Crippen molar-refractivity contribution in [1.29, 1.82) is 0 Å². The Morgan fingerprint density at radius 2 is 1.81 bits per heavy atom. The maximum Gasteiger partial charge on any atom is 0.416 e. The van der Waals surface area contributed by atoms with E-state index in [0.717, 1.165) is 18.4 Å². The van der Waals surface area contributed by atoms with Gasteiger partial charge in [-0.25, -0.2) is 4.39 Å². The smallest absolute Gasteiger partial charge is 0.416 e. The second-order valence-electron chi connectivity index (χ2n) is 9.88. The predicted molar refractivity (Wildman–Crippen MR) is 120 cm³/mol. The lowest BCUT2D eigenvalue weighted by atomic mass is 9.91. The topological polar surface area (TPSA) is 49.8 Å². The highest BCUT2D eigenvalue weighted by Crippen LogP contribution is 2.45. The molecule has 1 aliphatic carbocycles. The Balaban J connectivity index is 1.42. The maximum absolute atomic E-state index is 15.5. The molecule has 0 aromatic heterocycles. The summed E-state index contributed by atoms with van der Waals surface area (Å²) in [6.45, 7) is -1.13. The molecular formula is C26H26F7NO3. The molecule has 1 saturated heterocycles. The summed E-state index contributed by atoms with van der Waals surface area (Å²) >= 11 is 0. The van der Waals surface area contributed by atoms with Crippen molar-refractivity contribution in [2.75, 3.05) is 19.7 Å². The number of alkyl halides is 7. The first-order valence-corrected chi connectivity index (χ1v) is 11.9. The fourth-order valence-electron chi connectivity index (χ4n) is 4.88. The SMILES string of the molecule is O=C(O)CC(c1cccc(OCC2(F)CCN(Cc3cc(C(F)(F)F)ccc3C(F)(F)F)C2)c1)C1CC1. The molecule has 2 aliphatic rings. The van der Waals surface area contributed by atoms with Gasteiger partial charge in [0.25, 0.3) is 0 Å². The largest absolute Gasteiger partial charge is 0.490 e. The van der Waals surface area contributed by atoms with Crippen LogP contribution in [0.15, 0.2) is 42.5 Å². The molecule has 0 spiro atoms. The average Bonchev–Trinajstić information content (AvgIpc) is 3.58. The minimum atomic E-state index is -4.85. The van der Waals surface area contributed by atoms with Gasteiger partial charge < -0.3 is 9.84 Å². The van der Waals surface area contributed by atoms with Crippen molar-refractivity contribution in [2.45, 2.75) is 56.2 Å². The minimum absolute atomic E-state index is 0.0222. The van der Waals surface area contributed by atoms with Gasteiger partial charge in [0, 0.05) is 19.6 Å². The maximum atomic E-state index is 15.5. The molecule has 2 aromatic carbocycles. The molecule has 2 atom stereocenters. The summed E-state index contributed by atoms with van der Waals surface area (Å²) in [7, 11) is 0. The number of carboxylic acids is 1. The Labute approximate surface area is 209 Å². The highest BCUT2D eigenvalue weighted by molar-refractivity contribution is 5.68. The second kappa shape index (κ2) is 10.2. The van der Waals surface area contributed by atoms with Crippen LogP contribution in [0.1, 0.15) is 53.9 Å². The normalized spacial score (nSPS) is 21.7. The zero-order valence-electron chi connectivity index (χ0n) is 19.7. The number of likely N-dealkylation sites (tertiary alicyclic amines) is 1. The van der Waals surface area contributed by atoms with Crippen molar-refractivity contribution in [2.24, 2.45) is 5.92 Å². The van der Waals surface area contributed by atoms with Gasteiger partial charge in [-0.15, -0.1) is 0 Å². The molecule has 1 N–H and O–H groups in total. The van der Waals surface area contributed by atoms with Crippen LogP contribution in [0.2, 0.25) is 0 Å². The third kappa shape index (κ3) is 6.94. The van der Waals surface area contributed by atoms with E-state index in [4.69, 9.17) is 4.74 Å². The molecule has 202 valence electrons. The third-order valence-electron chi connectivity index (χ3n) is 6.88. The second-order valence-corrected chi connectivity index (χ2v) is 9.88. The van der Waals surface area contributed by atoms with Crippen LogP contribution in [0, 0.1) is 5.92 Å². The molecule has 11 heteroatoms. The zero-order valence-corrected chi connectivity index (χ0v) is 19.7. The van der Waals surface area contributed by atoms with E-state index in [9.17, 15) is 36.2 Å². The van der Waals surface area contributed by atoms with Gasteiger partial charge in [-0.3, -0.25) is 9.69 Å². The zero-order chi connectivity index (χ0) is 27.0. The first kappa shape index (κ1) is 27.2. The number of carbonyl (C=O) groups is 1. The van der Waals surface area contributed by atoms with Crippen molar-refractivity contribution in [3.8, 4) is 5.75 Å². The lowest BCUT2D eigenvalue weighted by molar-refractivity contribution is -0.142. The molecule has 1 aliphatic heterocycles. The molecule has 0 amide bonds. The van der Waals surface area contributed by atoms with Gasteiger partial charge >= 0.3 is 18.3 Å². The number of halogens is 7. The van der Waals surface area contributed by atoms with Gasteiger partial charge in [-0.1, -0.05) is 12.1 Å². The van der Waals surface area contributed by atoms with Gasteiger partial charge in [0.15, 0.2) is 5.67 Å². The third-order valence-corrected chi connectivity index (χ3v) is 6.88. The van der Waals surface area contributed by atoms with Crippen LogP contribution in [0.3, 0.4) is 0 Å². The molecule has 0 bridgehead atoms. The summed E-state index contributed by atoms with van der Waals surface area (Å²) in [5.41, 5.74) is -4.07. The van der Waals surface area contributed by atoms with Crippen molar-refractivity contribution in [3.63, 3.8) is 0 Å². The van der Waals surface area contributed by atoms with E-state index in [-0.39, 0.29) is 37.8 Å². The van der Waals surface area contributed by atoms with Crippen LogP contribution >= 0.6 is 0 Å². The Morgan fingerprint density at radius 1 is 1.08 bits per heavy atom. The quantitative estimate of drug-likeness (QED) is 0.365. The van der Waals surface area contributed by atoms with Crippen LogP contribution in [0.25, 0.3) is 0 Å². The molecule has 1 heterocycles. The Morgan fingerprint density at radius 3 is 2.43 bits per heavy atom. The van der Waals surface area contributed by atoms with Crippen molar-refractivity contribution in [3.05, 3.63) is 64.7 Å². The average molecular weight is 533 g/mol. The fourth-order valence-corrected chi connectivity index (χ4v) is 4.88. The number of benzene rings is 2. The van der Waals surface area contributed by atoms with E-state index in [1.165, 1.54) is 4.90 Å². The van der Waals surface area contributed by atoms with Gasteiger partial charge in [0.2, 0.25) is 0 Å². The highest BCUT2D eigenvalue weighted by atomic mass is 19.4. The minimum Gasteiger partial charge on any atom is -0.490 e. The number of rotatable bonds is 9. The number of hydrogen-bond acceptors (Lipinski definition) is 3. The summed E-state index contributed by atoms with van der Waals surface area (Å²) in [5, 5.41) is 9.22. The van der Waals surface area contributed by atoms with E-state index >= 15 is 4.39 Å². The van der Waals surface area contributed by atoms with Crippen LogP contribution in [0.4, 0.5) is 30.7 Å². The van der Waals surface area contributed by atoms with Crippen molar-refractivity contribution in [1.82, 2.24) is 4.90 Å². The Kier molecular flexibility index (Phi) is 7.47. The molecule has 2 aromatic rings. The summed E-state index contributed by atoms with van der Waals surface area (Å²) in [6.07, 6.45) is -7.86. The molecule has 2 unspecified atom stereocenters. The number of aliphatic carboxylic acids is 1. The van der Waals surface area contributed by atoms with E-state index in [0.29, 0.717) is 23.9 Å². The lowest BCUT2D eigenvalue weighted by Crippen LogP contribution is -2.35. The first-order chi connectivity index (χ1) is 17.2. The number of carboxylic acid groups (broad SMARTS) is 1. The molecule has 0 radical (unpaired) electrons. The van der Waals surface area contributed by atoms with Crippen LogP contribution < -0.4 is 4.74 Å². The molecule has 37 heavy (non-hydrogen) atoms. The van der Waals surface area contributed by atoms with Gasteiger partial charge in [-0.05, 0) is 72.6 Å². The summed E-state index contributed by atoms with van der Waals surface area (Å²) in [4.78, 5) is 12.6. The fraction of sp³-hybridized carbons (Fsp3) is 0.500. The highest BCUT2D eigenvalue weighted by Gasteiger charge is 2.42. The van der Waals surface area contributed by atoms with Crippen molar-refractivity contribution >= 4 is 5.97 Å². The van der Waals surface area contributed by atoms with E-state index in [2.05, 4.69) is 0 Å². The van der Waals surface area contributed by atoms with Crippen LogP contribution in [0.5, 0.6) is 5.75 Å². The number of nitrogens with zero attached hydrogens (tertiary/aromatic N) is 1. The molecule has 1 saturated carbocycles. The Bertz CT molecular complexity index is 1130. The number of ether oxygens (including phenoxy) is 1. The van der Waals surface area contributed by atoms with E-state index < -0.39 is 53.8 Å². The summed E-state index contributed by atoms with van der Waals surface area (Å²) < 4.78 is 101. The first-order valence-electron chi connectivity index (χ1n) is 11.9. The van der Waals surface area contributed by atoms with E-state index in [1.54, 1.807) is 24.3 Å². The van der Waals surface area contributed by atoms with Crippen molar-refractivity contribution < 1.29 is 45.4 Å². The van der Waals surface area contributed by atoms with Crippen LogP contribution in [-0.2, 0) is 23.7 Å². The number of hydrogen-bond donors (Lipinski definition) is 1. The molecule has 4 nitrogen and oxygen atoms in total. The Hall–Kier alpha value is -2.82. The van der Waals surface area contributed by atoms with Gasteiger partial charge in [0.1, 0.15) is 12.4 Å².